The molecule has 1 heterocycles. The SMILES string of the molecule is IC#Cc1cc2ccccc2[nH]1. The Morgan fingerprint density at radius 3 is 2.83 bits per heavy atom. The molecule has 1 N–H and O–H groups in total. The molecule has 12 heavy (non-hydrogen) atoms. The second-order valence-electron chi connectivity index (χ2n) is 2.49. The first-order valence-corrected chi connectivity index (χ1v) is 4.67. The number of hydrogen-bond acceptors (Lipinski definition) is 0. The number of fused-ring (bicyclic) bond motifs is 1. The molecule has 2 heteroatoms. The summed E-state index contributed by atoms with van der Waals surface area (Å²) >= 11 is 2.03. The van der Waals surface area contributed by atoms with E-state index in [-0.39, 0.29) is 0 Å². The predicted octanol–water partition coefficient (Wildman–Crippen LogP) is 2.91. The van der Waals surface area contributed by atoms with Gasteiger partial charge in [0.25, 0.3) is 0 Å². The third-order valence-electron chi connectivity index (χ3n) is 1.71. The Kier molecular flexibility index (Phi) is 2.05. The van der Waals surface area contributed by atoms with Crippen LogP contribution >= 0.6 is 22.6 Å². The van der Waals surface area contributed by atoms with Crippen molar-refractivity contribution in [1.82, 2.24) is 4.98 Å². The van der Waals surface area contributed by atoms with Gasteiger partial charge in [0, 0.05) is 33.5 Å². The van der Waals surface area contributed by atoms with Crippen LogP contribution in [-0.4, -0.2) is 4.98 Å². The molecule has 2 aromatic rings. The third-order valence-corrected chi connectivity index (χ3v) is 1.98. The first-order valence-electron chi connectivity index (χ1n) is 3.59. The van der Waals surface area contributed by atoms with Crippen LogP contribution < -0.4 is 0 Å². The molecule has 0 aliphatic carbocycles. The number of H-pyrrole nitrogens is 1. The lowest BCUT2D eigenvalue weighted by atomic mass is 10.2. The number of aromatic amines is 1. The summed E-state index contributed by atoms with van der Waals surface area (Å²) in [5, 5.41) is 1.21. The van der Waals surface area contributed by atoms with Crippen molar-refractivity contribution in [2.45, 2.75) is 0 Å². The monoisotopic (exact) mass is 267 g/mol. The van der Waals surface area contributed by atoms with Crippen molar-refractivity contribution in [3.63, 3.8) is 0 Å². The molecule has 0 atom stereocenters. The average molecular weight is 267 g/mol. The van der Waals surface area contributed by atoms with E-state index in [1.165, 1.54) is 5.39 Å². The van der Waals surface area contributed by atoms with E-state index in [0.717, 1.165) is 11.2 Å². The zero-order valence-electron chi connectivity index (χ0n) is 6.26. The van der Waals surface area contributed by atoms with E-state index in [0.29, 0.717) is 0 Å². The fraction of sp³-hybridized carbons (Fsp3) is 0. The molecule has 0 saturated carbocycles. The Hall–Kier alpha value is -0.950. The first-order chi connectivity index (χ1) is 5.90. The lowest BCUT2D eigenvalue weighted by molar-refractivity contribution is 1.42. The molecule has 58 valence electrons. The van der Waals surface area contributed by atoms with Crippen LogP contribution in [0, 0.1) is 9.85 Å². The molecule has 1 aromatic carbocycles. The molecular formula is C10H6IN. The van der Waals surface area contributed by atoms with Gasteiger partial charge in [-0.1, -0.05) is 18.2 Å². The lowest BCUT2D eigenvalue weighted by Gasteiger charge is -1.83. The van der Waals surface area contributed by atoms with Gasteiger partial charge in [-0.25, -0.2) is 0 Å². The van der Waals surface area contributed by atoms with Crippen molar-refractivity contribution in [2.24, 2.45) is 0 Å². The topological polar surface area (TPSA) is 15.8 Å². The van der Waals surface area contributed by atoms with E-state index in [9.17, 15) is 0 Å². The van der Waals surface area contributed by atoms with Gasteiger partial charge in [-0.3, -0.25) is 0 Å². The molecule has 1 aromatic heterocycles. The van der Waals surface area contributed by atoms with E-state index in [1.54, 1.807) is 0 Å². The highest BCUT2D eigenvalue weighted by atomic mass is 127. The zero-order valence-corrected chi connectivity index (χ0v) is 8.42. The Labute approximate surface area is 84.3 Å². The fourth-order valence-electron chi connectivity index (χ4n) is 1.19. The maximum atomic E-state index is 3.22. The molecule has 0 unspecified atom stereocenters. The summed E-state index contributed by atoms with van der Waals surface area (Å²) in [6.45, 7) is 0. The van der Waals surface area contributed by atoms with Gasteiger partial charge in [0.1, 0.15) is 0 Å². The standard InChI is InChI=1S/C10H6IN/c11-6-5-9-7-8-3-1-2-4-10(8)12-9/h1-4,7,12H. The van der Waals surface area contributed by atoms with Crippen LogP contribution in [0.1, 0.15) is 5.69 Å². The van der Waals surface area contributed by atoms with Crippen LogP contribution in [0.15, 0.2) is 30.3 Å². The maximum absolute atomic E-state index is 3.22. The van der Waals surface area contributed by atoms with Crippen molar-refractivity contribution < 1.29 is 0 Å². The molecule has 0 amide bonds. The quantitative estimate of drug-likeness (QED) is 0.558. The minimum Gasteiger partial charge on any atom is -0.348 e. The van der Waals surface area contributed by atoms with Crippen molar-refractivity contribution in [2.75, 3.05) is 0 Å². The summed E-state index contributed by atoms with van der Waals surface area (Å²) in [7, 11) is 0. The van der Waals surface area contributed by atoms with Gasteiger partial charge in [-0.2, -0.15) is 0 Å². The molecule has 0 saturated heterocycles. The Balaban J connectivity index is 2.67. The number of halogens is 1. The minimum atomic E-state index is 0.977. The summed E-state index contributed by atoms with van der Waals surface area (Å²) in [6, 6.07) is 10.2. The Morgan fingerprint density at radius 2 is 2.08 bits per heavy atom. The fourth-order valence-corrected chi connectivity index (χ4v) is 1.48. The number of rotatable bonds is 0. The summed E-state index contributed by atoms with van der Waals surface area (Å²) in [6.07, 6.45) is 0. The van der Waals surface area contributed by atoms with E-state index in [2.05, 4.69) is 27.0 Å². The largest absolute Gasteiger partial charge is 0.348 e. The van der Waals surface area contributed by atoms with Crippen LogP contribution in [-0.2, 0) is 0 Å². The van der Waals surface area contributed by atoms with Gasteiger partial charge in [-0.05, 0) is 22.0 Å². The van der Waals surface area contributed by atoms with E-state index in [4.69, 9.17) is 0 Å². The van der Waals surface area contributed by atoms with Gasteiger partial charge in [0.2, 0.25) is 0 Å². The van der Waals surface area contributed by atoms with E-state index >= 15 is 0 Å². The normalized spacial score (nSPS) is 9.42. The van der Waals surface area contributed by atoms with Crippen LogP contribution in [0.4, 0.5) is 0 Å². The van der Waals surface area contributed by atoms with E-state index in [1.807, 2.05) is 40.8 Å². The first kappa shape index (κ1) is 7.69. The molecule has 1 nitrogen and oxygen atoms in total. The highest BCUT2D eigenvalue weighted by Crippen LogP contribution is 2.13. The van der Waals surface area contributed by atoms with Crippen molar-refractivity contribution in [3.05, 3.63) is 36.0 Å². The second-order valence-corrected chi connectivity index (χ2v) is 3.03. The van der Waals surface area contributed by atoms with Gasteiger partial charge in [0.05, 0.1) is 5.69 Å². The molecule has 2 rings (SSSR count). The molecule has 0 fully saturated rings. The van der Waals surface area contributed by atoms with Gasteiger partial charge in [0.15, 0.2) is 0 Å². The van der Waals surface area contributed by atoms with Gasteiger partial charge >= 0.3 is 0 Å². The summed E-state index contributed by atoms with van der Waals surface area (Å²) < 4.78 is 2.83. The number of benzene rings is 1. The number of aromatic nitrogens is 1. The van der Waals surface area contributed by atoms with Crippen LogP contribution in [0.5, 0.6) is 0 Å². The molecule has 0 bridgehead atoms. The van der Waals surface area contributed by atoms with Gasteiger partial charge in [-0.15, -0.1) is 0 Å². The molecule has 0 aliphatic heterocycles. The summed E-state index contributed by atoms with van der Waals surface area (Å²) in [5.41, 5.74) is 2.12. The number of para-hydroxylation sites is 1. The average Bonchev–Trinajstić information content (AvgIpc) is 2.47. The Bertz CT molecular complexity index is 426. The highest BCUT2D eigenvalue weighted by molar-refractivity contribution is 14.1. The molecule has 0 spiro atoms. The smallest absolute Gasteiger partial charge is 0.0912 e. The van der Waals surface area contributed by atoms with E-state index < -0.39 is 0 Å². The van der Waals surface area contributed by atoms with Crippen molar-refractivity contribution in [1.29, 1.82) is 0 Å². The zero-order chi connectivity index (χ0) is 8.39. The number of hydrogen-bond donors (Lipinski definition) is 1. The van der Waals surface area contributed by atoms with Crippen molar-refractivity contribution in [3.8, 4) is 9.85 Å². The molecule has 0 radical (unpaired) electrons. The molecule has 0 aliphatic rings. The Morgan fingerprint density at radius 1 is 1.25 bits per heavy atom. The second kappa shape index (κ2) is 3.20. The minimum absolute atomic E-state index is 0.977. The highest BCUT2D eigenvalue weighted by Gasteiger charge is 1.94. The van der Waals surface area contributed by atoms with Crippen molar-refractivity contribution >= 4 is 33.5 Å². The van der Waals surface area contributed by atoms with Crippen LogP contribution in [0.3, 0.4) is 0 Å². The predicted molar refractivity (Wildman–Crippen MR) is 59.2 cm³/mol. The maximum Gasteiger partial charge on any atom is 0.0912 e. The lowest BCUT2D eigenvalue weighted by Crippen LogP contribution is -1.68. The van der Waals surface area contributed by atoms with Crippen LogP contribution in [0.2, 0.25) is 0 Å². The summed E-state index contributed by atoms with van der Waals surface area (Å²) in [5.74, 6) is 2.98. The molecular weight excluding hydrogens is 261 g/mol. The number of nitrogens with one attached hydrogen (secondary N) is 1. The third kappa shape index (κ3) is 1.32. The van der Waals surface area contributed by atoms with Crippen LogP contribution in [0.25, 0.3) is 10.9 Å². The van der Waals surface area contributed by atoms with Gasteiger partial charge < -0.3 is 4.98 Å². The summed E-state index contributed by atoms with van der Waals surface area (Å²) in [4.78, 5) is 3.22.